The Kier molecular flexibility index (Phi) is 5.67. The SMILES string of the molecule is C#CCN(C)c1cccc(F)c1C(C)NCCC. The zero-order valence-corrected chi connectivity index (χ0v) is 11.3. The van der Waals surface area contributed by atoms with Gasteiger partial charge in [0.1, 0.15) is 5.82 Å². The van der Waals surface area contributed by atoms with Crippen molar-refractivity contribution in [2.45, 2.75) is 26.3 Å². The fraction of sp³-hybridized carbons (Fsp3) is 0.467. The van der Waals surface area contributed by atoms with Crippen molar-refractivity contribution < 1.29 is 4.39 Å². The molecule has 0 saturated heterocycles. The molecule has 0 aliphatic rings. The van der Waals surface area contributed by atoms with E-state index in [4.69, 9.17) is 6.42 Å². The third-order valence-electron chi connectivity index (χ3n) is 2.90. The van der Waals surface area contributed by atoms with Crippen LogP contribution in [0.1, 0.15) is 31.9 Å². The van der Waals surface area contributed by atoms with Gasteiger partial charge in [-0.25, -0.2) is 4.39 Å². The Labute approximate surface area is 109 Å². The maximum Gasteiger partial charge on any atom is 0.130 e. The first-order valence-corrected chi connectivity index (χ1v) is 6.28. The topological polar surface area (TPSA) is 15.3 Å². The Bertz CT molecular complexity index is 423. The highest BCUT2D eigenvalue weighted by atomic mass is 19.1. The first kappa shape index (κ1) is 14.5. The second-order valence-electron chi connectivity index (χ2n) is 4.41. The molecular formula is C15H21FN2. The third kappa shape index (κ3) is 3.48. The van der Waals surface area contributed by atoms with Gasteiger partial charge in [-0.1, -0.05) is 18.9 Å². The Morgan fingerprint density at radius 1 is 1.50 bits per heavy atom. The highest BCUT2D eigenvalue weighted by Crippen LogP contribution is 2.28. The molecule has 1 rings (SSSR count). The van der Waals surface area contributed by atoms with E-state index in [1.807, 2.05) is 24.9 Å². The summed E-state index contributed by atoms with van der Waals surface area (Å²) in [6.07, 6.45) is 6.33. The monoisotopic (exact) mass is 248 g/mol. The van der Waals surface area contributed by atoms with E-state index in [1.54, 1.807) is 6.07 Å². The summed E-state index contributed by atoms with van der Waals surface area (Å²) in [5, 5.41) is 3.31. The molecular weight excluding hydrogens is 227 g/mol. The van der Waals surface area contributed by atoms with Gasteiger partial charge in [-0.2, -0.15) is 0 Å². The van der Waals surface area contributed by atoms with Gasteiger partial charge in [-0.3, -0.25) is 0 Å². The van der Waals surface area contributed by atoms with Crippen LogP contribution in [0.3, 0.4) is 0 Å². The summed E-state index contributed by atoms with van der Waals surface area (Å²) in [5.74, 6) is 2.39. The average Bonchev–Trinajstić information content (AvgIpc) is 2.35. The van der Waals surface area contributed by atoms with Crippen LogP contribution < -0.4 is 10.2 Å². The lowest BCUT2D eigenvalue weighted by atomic mass is 10.0. The van der Waals surface area contributed by atoms with E-state index in [0.29, 0.717) is 12.1 Å². The van der Waals surface area contributed by atoms with Crippen molar-refractivity contribution in [3.63, 3.8) is 0 Å². The summed E-state index contributed by atoms with van der Waals surface area (Å²) in [5.41, 5.74) is 1.53. The molecule has 0 aliphatic heterocycles. The summed E-state index contributed by atoms with van der Waals surface area (Å²) in [6.45, 7) is 5.40. The fourth-order valence-electron chi connectivity index (χ4n) is 1.97. The van der Waals surface area contributed by atoms with E-state index < -0.39 is 0 Å². The largest absolute Gasteiger partial charge is 0.363 e. The van der Waals surface area contributed by atoms with Crippen LogP contribution in [-0.2, 0) is 0 Å². The molecule has 0 radical (unpaired) electrons. The molecule has 0 heterocycles. The first-order valence-electron chi connectivity index (χ1n) is 6.28. The number of rotatable bonds is 6. The van der Waals surface area contributed by atoms with E-state index in [1.165, 1.54) is 6.07 Å². The summed E-state index contributed by atoms with van der Waals surface area (Å²) in [7, 11) is 1.88. The number of benzene rings is 1. The number of nitrogens with zero attached hydrogens (tertiary/aromatic N) is 1. The number of hydrogen-bond acceptors (Lipinski definition) is 2. The van der Waals surface area contributed by atoms with Crippen LogP contribution >= 0.6 is 0 Å². The minimum absolute atomic E-state index is 0.0265. The maximum absolute atomic E-state index is 14.0. The van der Waals surface area contributed by atoms with Crippen molar-refractivity contribution in [1.82, 2.24) is 5.32 Å². The molecule has 3 heteroatoms. The summed E-state index contributed by atoms with van der Waals surface area (Å²) in [6, 6.07) is 5.08. The molecule has 0 bridgehead atoms. The number of hydrogen-bond donors (Lipinski definition) is 1. The quantitative estimate of drug-likeness (QED) is 0.779. The third-order valence-corrected chi connectivity index (χ3v) is 2.90. The molecule has 18 heavy (non-hydrogen) atoms. The van der Waals surface area contributed by atoms with E-state index >= 15 is 0 Å². The molecule has 0 amide bonds. The van der Waals surface area contributed by atoms with Crippen LogP contribution in [0.15, 0.2) is 18.2 Å². The molecule has 0 spiro atoms. The van der Waals surface area contributed by atoms with Crippen molar-refractivity contribution in [2.24, 2.45) is 0 Å². The second kappa shape index (κ2) is 7.03. The van der Waals surface area contributed by atoms with E-state index in [9.17, 15) is 4.39 Å². The smallest absolute Gasteiger partial charge is 0.130 e. The molecule has 0 aliphatic carbocycles. The molecule has 1 aromatic rings. The summed E-state index contributed by atoms with van der Waals surface area (Å²) < 4.78 is 14.0. The molecule has 98 valence electrons. The van der Waals surface area contributed by atoms with Gasteiger partial charge >= 0.3 is 0 Å². The second-order valence-corrected chi connectivity index (χ2v) is 4.41. The van der Waals surface area contributed by atoms with Crippen LogP contribution in [0.2, 0.25) is 0 Å². The summed E-state index contributed by atoms with van der Waals surface area (Å²) in [4.78, 5) is 1.89. The number of anilines is 1. The molecule has 2 nitrogen and oxygen atoms in total. The van der Waals surface area contributed by atoms with Crippen LogP contribution in [0, 0.1) is 18.2 Å². The van der Waals surface area contributed by atoms with Crippen LogP contribution in [-0.4, -0.2) is 20.1 Å². The van der Waals surface area contributed by atoms with Crippen molar-refractivity contribution in [2.75, 3.05) is 25.0 Å². The van der Waals surface area contributed by atoms with Crippen molar-refractivity contribution in [3.05, 3.63) is 29.6 Å². The van der Waals surface area contributed by atoms with Gasteiger partial charge in [0, 0.05) is 24.3 Å². The molecule has 1 aromatic carbocycles. The highest BCUT2D eigenvalue weighted by Gasteiger charge is 2.17. The predicted molar refractivity (Wildman–Crippen MR) is 75.2 cm³/mol. The Balaban J connectivity index is 3.04. The molecule has 1 N–H and O–H groups in total. The molecule has 1 unspecified atom stereocenters. The van der Waals surface area contributed by atoms with Crippen LogP contribution in [0.4, 0.5) is 10.1 Å². The number of terminal acetylenes is 1. The molecule has 0 aromatic heterocycles. The minimum atomic E-state index is -0.188. The molecule has 1 atom stereocenters. The zero-order chi connectivity index (χ0) is 13.5. The maximum atomic E-state index is 14.0. The average molecular weight is 248 g/mol. The summed E-state index contributed by atoms with van der Waals surface area (Å²) >= 11 is 0. The first-order chi connectivity index (χ1) is 8.61. The lowest BCUT2D eigenvalue weighted by Gasteiger charge is -2.24. The normalized spacial score (nSPS) is 11.9. The van der Waals surface area contributed by atoms with Gasteiger partial charge in [0.05, 0.1) is 6.54 Å². The lowest BCUT2D eigenvalue weighted by molar-refractivity contribution is 0.527. The fourth-order valence-corrected chi connectivity index (χ4v) is 1.97. The van der Waals surface area contributed by atoms with Crippen molar-refractivity contribution in [3.8, 4) is 12.3 Å². The molecule has 0 saturated carbocycles. The van der Waals surface area contributed by atoms with Gasteiger partial charge in [-0.05, 0) is 32.0 Å². The van der Waals surface area contributed by atoms with E-state index in [0.717, 1.165) is 18.7 Å². The van der Waals surface area contributed by atoms with Crippen LogP contribution in [0.5, 0.6) is 0 Å². The van der Waals surface area contributed by atoms with Gasteiger partial charge in [0.25, 0.3) is 0 Å². The predicted octanol–water partition coefficient (Wildman–Crippen LogP) is 2.96. The van der Waals surface area contributed by atoms with Crippen LogP contribution in [0.25, 0.3) is 0 Å². The van der Waals surface area contributed by atoms with E-state index in [2.05, 4.69) is 18.2 Å². The van der Waals surface area contributed by atoms with Gasteiger partial charge in [0.2, 0.25) is 0 Å². The van der Waals surface area contributed by atoms with Gasteiger partial charge in [0.15, 0.2) is 0 Å². The number of nitrogens with one attached hydrogen (secondary N) is 1. The standard InChI is InChI=1S/C15H21FN2/c1-5-10-17-12(3)15-13(16)8-7-9-14(15)18(4)11-6-2/h2,7-9,12,17H,5,10-11H2,1,3-4H3. The highest BCUT2D eigenvalue weighted by molar-refractivity contribution is 5.55. The Morgan fingerprint density at radius 3 is 2.83 bits per heavy atom. The minimum Gasteiger partial charge on any atom is -0.363 e. The number of halogens is 1. The van der Waals surface area contributed by atoms with Crippen molar-refractivity contribution in [1.29, 1.82) is 0 Å². The zero-order valence-electron chi connectivity index (χ0n) is 11.3. The van der Waals surface area contributed by atoms with Gasteiger partial charge in [-0.15, -0.1) is 6.42 Å². The molecule has 0 fully saturated rings. The Hall–Kier alpha value is -1.53. The Morgan fingerprint density at radius 2 is 2.22 bits per heavy atom. The lowest BCUT2D eigenvalue weighted by Crippen LogP contribution is -2.25. The van der Waals surface area contributed by atoms with Crippen molar-refractivity contribution >= 4 is 5.69 Å². The van der Waals surface area contributed by atoms with Gasteiger partial charge < -0.3 is 10.2 Å². The van der Waals surface area contributed by atoms with E-state index in [-0.39, 0.29) is 11.9 Å².